The van der Waals surface area contributed by atoms with Crippen LogP contribution in [-0.2, 0) is 0 Å². The standard InChI is InChI=1S/C7H9N2/c1-9(8)7-5-3-2-4-6-7/h2-6H,1,8H2/q+1. The number of rotatable bonds is 1. The van der Waals surface area contributed by atoms with Gasteiger partial charge in [0.1, 0.15) is 0 Å². The monoisotopic (exact) mass is 121 g/mol. The predicted octanol–water partition coefficient (Wildman–Crippen LogP) is 0.905. The van der Waals surface area contributed by atoms with Gasteiger partial charge >= 0.3 is 0 Å². The van der Waals surface area contributed by atoms with Crippen LogP contribution in [0.3, 0.4) is 0 Å². The van der Waals surface area contributed by atoms with Gasteiger partial charge in [0, 0.05) is 12.1 Å². The molecule has 0 bridgehead atoms. The molecule has 2 nitrogen and oxygen atoms in total. The zero-order valence-electron chi connectivity index (χ0n) is 5.12. The van der Waals surface area contributed by atoms with Crippen LogP contribution < -0.4 is 5.84 Å². The van der Waals surface area contributed by atoms with Gasteiger partial charge in [0.25, 0.3) is 0 Å². The molecule has 0 saturated heterocycles. The van der Waals surface area contributed by atoms with E-state index in [4.69, 9.17) is 5.84 Å². The van der Waals surface area contributed by atoms with Gasteiger partial charge in [-0.05, 0) is 0 Å². The molecule has 1 aromatic carbocycles. The van der Waals surface area contributed by atoms with E-state index in [9.17, 15) is 0 Å². The molecule has 0 amide bonds. The lowest BCUT2D eigenvalue weighted by Crippen LogP contribution is -2.09. The Morgan fingerprint density at radius 1 is 1.22 bits per heavy atom. The van der Waals surface area contributed by atoms with Crippen LogP contribution in [0.5, 0.6) is 0 Å². The topological polar surface area (TPSA) is 29.0 Å². The lowest BCUT2D eigenvalue weighted by atomic mass is 10.3. The Morgan fingerprint density at radius 3 is 2.11 bits per heavy atom. The third-order valence-electron chi connectivity index (χ3n) is 1.09. The van der Waals surface area contributed by atoms with E-state index < -0.39 is 0 Å². The molecule has 0 aromatic heterocycles. The lowest BCUT2D eigenvalue weighted by Gasteiger charge is -1.88. The highest BCUT2D eigenvalue weighted by molar-refractivity contribution is 5.32. The fourth-order valence-electron chi connectivity index (χ4n) is 0.619. The first-order chi connectivity index (χ1) is 4.30. The van der Waals surface area contributed by atoms with Gasteiger partial charge in [-0.1, -0.05) is 22.9 Å². The molecule has 1 rings (SSSR count). The number of hydrazine groups is 1. The second-order valence-electron chi connectivity index (χ2n) is 1.81. The van der Waals surface area contributed by atoms with Crippen LogP contribution in [0.15, 0.2) is 30.3 Å². The van der Waals surface area contributed by atoms with E-state index in [0.29, 0.717) is 0 Å². The molecule has 46 valence electrons. The quantitative estimate of drug-likeness (QED) is 0.254. The number of nitrogens with zero attached hydrogens (tertiary/aromatic N) is 1. The summed E-state index contributed by atoms with van der Waals surface area (Å²) in [7, 11) is 0. The van der Waals surface area contributed by atoms with Gasteiger partial charge in [-0.25, -0.2) is 5.84 Å². The minimum atomic E-state index is 0.914. The van der Waals surface area contributed by atoms with Crippen LogP contribution in [0.2, 0.25) is 0 Å². The molecule has 0 saturated carbocycles. The van der Waals surface area contributed by atoms with Crippen molar-refractivity contribution in [3.63, 3.8) is 0 Å². The van der Waals surface area contributed by atoms with Gasteiger partial charge in [0.15, 0.2) is 6.72 Å². The number of hydrogen-bond donors (Lipinski definition) is 1. The number of hydrogen-bond acceptors (Lipinski definition) is 1. The second-order valence-corrected chi connectivity index (χ2v) is 1.81. The van der Waals surface area contributed by atoms with Crippen LogP contribution >= 0.6 is 0 Å². The smallest absolute Gasteiger partial charge is 0.205 e. The molecule has 1 aromatic rings. The van der Waals surface area contributed by atoms with Crippen LogP contribution in [0.4, 0.5) is 5.69 Å². The van der Waals surface area contributed by atoms with E-state index in [1.807, 2.05) is 30.3 Å². The Hall–Kier alpha value is -1.31. The lowest BCUT2D eigenvalue weighted by molar-refractivity contribution is -0.442. The molecule has 9 heavy (non-hydrogen) atoms. The Morgan fingerprint density at radius 2 is 1.78 bits per heavy atom. The Balaban J connectivity index is 2.98. The van der Waals surface area contributed by atoms with E-state index in [2.05, 4.69) is 6.72 Å². The summed E-state index contributed by atoms with van der Waals surface area (Å²) >= 11 is 0. The van der Waals surface area contributed by atoms with Crippen molar-refractivity contribution in [1.82, 2.24) is 0 Å². The van der Waals surface area contributed by atoms with Gasteiger partial charge in [-0.15, -0.1) is 0 Å². The van der Waals surface area contributed by atoms with Crippen LogP contribution in [0, 0.1) is 0 Å². The summed E-state index contributed by atoms with van der Waals surface area (Å²) in [5, 5.41) is 0. The highest BCUT2D eigenvalue weighted by Gasteiger charge is 1.95. The maximum atomic E-state index is 5.34. The number of benzene rings is 1. The maximum Gasteiger partial charge on any atom is 0.234 e. The molecule has 0 atom stereocenters. The van der Waals surface area contributed by atoms with Crippen molar-refractivity contribution >= 4 is 12.4 Å². The first-order valence-corrected chi connectivity index (χ1v) is 2.71. The SMILES string of the molecule is C=[N+](N)c1ccccc1. The van der Waals surface area contributed by atoms with Crippen LogP contribution in [-0.4, -0.2) is 11.4 Å². The highest BCUT2D eigenvalue weighted by Crippen LogP contribution is 2.04. The molecule has 0 aliphatic carbocycles. The van der Waals surface area contributed by atoms with Gasteiger partial charge in [-0.2, -0.15) is 0 Å². The first-order valence-electron chi connectivity index (χ1n) is 2.71. The highest BCUT2D eigenvalue weighted by atomic mass is 15.3. The average molecular weight is 121 g/mol. The summed E-state index contributed by atoms with van der Waals surface area (Å²) in [4.78, 5) is 0. The molecule has 2 heteroatoms. The number of para-hydroxylation sites is 1. The summed E-state index contributed by atoms with van der Waals surface area (Å²) in [6, 6.07) is 9.56. The molecule has 0 fully saturated rings. The van der Waals surface area contributed by atoms with E-state index in [1.54, 1.807) is 0 Å². The Labute approximate surface area is 54.2 Å². The van der Waals surface area contributed by atoms with Gasteiger partial charge < -0.3 is 0 Å². The summed E-state index contributed by atoms with van der Waals surface area (Å²) in [5.41, 5.74) is 0.914. The van der Waals surface area contributed by atoms with E-state index in [1.165, 1.54) is 4.68 Å². The molecule has 0 aliphatic heterocycles. The molecular formula is C7H9N2+. The van der Waals surface area contributed by atoms with E-state index >= 15 is 0 Å². The molecule has 0 unspecified atom stereocenters. The molecular weight excluding hydrogens is 112 g/mol. The van der Waals surface area contributed by atoms with Gasteiger partial charge in [0.2, 0.25) is 5.69 Å². The minimum absolute atomic E-state index is 0.914. The fourth-order valence-corrected chi connectivity index (χ4v) is 0.619. The second kappa shape index (κ2) is 2.31. The van der Waals surface area contributed by atoms with E-state index in [0.717, 1.165) is 5.69 Å². The van der Waals surface area contributed by atoms with E-state index in [-0.39, 0.29) is 0 Å². The van der Waals surface area contributed by atoms with Gasteiger partial charge in [-0.3, -0.25) is 0 Å². The third-order valence-corrected chi connectivity index (χ3v) is 1.09. The maximum absolute atomic E-state index is 5.34. The Kier molecular flexibility index (Phi) is 1.49. The van der Waals surface area contributed by atoms with Crippen molar-refractivity contribution < 1.29 is 4.68 Å². The molecule has 0 aliphatic rings. The number of hydrazone groups is 1. The first kappa shape index (κ1) is 5.82. The van der Waals surface area contributed by atoms with Crippen molar-refractivity contribution in [1.29, 1.82) is 0 Å². The summed E-state index contributed by atoms with van der Waals surface area (Å²) in [6.07, 6.45) is 0. The summed E-state index contributed by atoms with van der Waals surface area (Å²) in [5.74, 6) is 5.34. The largest absolute Gasteiger partial charge is 0.234 e. The molecule has 0 spiro atoms. The van der Waals surface area contributed by atoms with Crippen molar-refractivity contribution in [3.05, 3.63) is 30.3 Å². The summed E-state index contributed by atoms with van der Waals surface area (Å²) < 4.78 is 1.33. The number of nitrogens with two attached hydrogens (primary N) is 1. The van der Waals surface area contributed by atoms with Crippen molar-refractivity contribution in [2.24, 2.45) is 5.84 Å². The van der Waals surface area contributed by atoms with Crippen LogP contribution in [0.1, 0.15) is 0 Å². The van der Waals surface area contributed by atoms with Crippen LogP contribution in [0.25, 0.3) is 0 Å². The normalized spacial score (nSPS) is 8.89. The Bertz CT molecular complexity index is 203. The minimum Gasteiger partial charge on any atom is -0.205 e. The van der Waals surface area contributed by atoms with Crippen molar-refractivity contribution in [2.45, 2.75) is 0 Å². The summed E-state index contributed by atoms with van der Waals surface area (Å²) in [6.45, 7) is 3.52. The zero-order chi connectivity index (χ0) is 6.69. The molecule has 0 radical (unpaired) electrons. The zero-order valence-corrected chi connectivity index (χ0v) is 5.12. The third kappa shape index (κ3) is 1.29. The average Bonchev–Trinajstić information content (AvgIpc) is 1.90. The van der Waals surface area contributed by atoms with Crippen molar-refractivity contribution in [2.75, 3.05) is 0 Å². The van der Waals surface area contributed by atoms with Crippen molar-refractivity contribution in [3.8, 4) is 0 Å². The molecule has 0 heterocycles. The predicted molar refractivity (Wildman–Crippen MR) is 37.7 cm³/mol. The fraction of sp³-hybridized carbons (Fsp3) is 0. The van der Waals surface area contributed by atoms with Gasteiger partial charge in [0.05, 0.1) is 0 Å². The molecule has 2 N–H and O–H groups in total.